The van der Waals surface area contributed by atoms with Gasteiger partial charge in [0.15, 0.2) is 5.15 Å². The first-order chi connectivity index (χ1) is 8.13. The SMILES string of the molecule is Cc1ccc(-c2nc(Cl)c(CC#N)n2C)cc1. The summed E-state index contributed by atoms with van der Waals surface area (Å²) >= 11 is 6.03. The quantitative estimate of drug-likeness (QED) is 0.816. The van der Waals surface area contributed by atoms with Gasteiger partial charge in [0.25, 0.3) is 0 Å². The number of hydrogen-bond acceptors (Lipinski definition) is 2. The number of nitriles is 1. The van der Waals surface area contributed by atoms with Crippen LogP contribution in [0.15, 0.2) is 24.3 Å². The van der Waals surface area contributed by atoms with Crippen LogP contribution in [0.2, 0.25) is 5.15 Å². The second-order valence-corrected chi connectivity index (χ2v) is 4.29. The molecule has 0 spiro atoms. The molecule has 0 fully saturated rings. The normalized spacial score (nSPS) is 10.2. The van der Waals surface area contributed by atoms with Crippen LogP contribution in [0.25, 0.3) is 11.4 Å². The van der Waals surface area contributed by atoms with E-state index in [4.69, 9.17) is 16.9 Å². The number of rotatable bonds is 2. The van der Waals surface area contributed by atoms with Gasteiger partial charge in [0.05, 0.1) is 18.2 Å². The summed E-state index contributed by atoms with van der Waals surface area (Å²) in [6.45, 7) is 2.04. The molecule has 0 bridgehead atoms. The first kappa shape index (κ1) is 11.7. The standard InChI is InChI=1S/C13H12ClN3/c1-9-3-5-10(6-4-9)13-16-12(14)11(7-8-15)17(13)2/h3-6H,7H2,1-2H3. The van der Waals surface area contributed by atoms with E-state index in [1.807, 2.05) is 42.8 Å². The number of halogens is 1. The highest BCUT2D eigenvalue weighted by molar-refractivity contribution is 6.30. The molecule has 2 rings (SSSR count). The summed E-state index contributed by atoms with van der Waals surface area (Å²) in [4.78, 5) is 4.31. The third kappa shape index (κ3) is 2.17. The second-order valence-electron chi connectivity index (χ2n) is 3.93. The van der Waals surface area contributed by atoms with E-state index in [0.29, 0.717) is 5.15 Å². The number of aryl methyl sites for hydroxylation is 1. The van der Waals surface area contributed by atoms with Gasteiger partial charge in [-0.15, -0.1) is 0 Å². The second kappa shape index (κ2) is 4.60. The van der Waals surface area contributed by atoms with E-state index in [-0.39, 0.29) is 6.42 Å². The molecule has 17 heavy (non-hydrogen) atoms. The zero-order valence-corrected chi connectivity index (χ0v) is 10.5. The molecule has 4 heteroatoms. The molecule has 0 N–H and O–H groups in total. The Balaban J connectivity index is 2.50. The van der Waals surface area contributed by atoms with Crippen LogP contribution in [0, 0.1) is 18.3 Å². The minimum Gasteiger partial charge on any atom is -0.329 e. The molecule has 0 saturated heterocycles. The molecule has 0 aliphatic rings. The topological polar surface area (TPSA) is 41.6 Å². The summed E-state index contributed by atoms with van der Waals surface area (Å²) in [6.07, 6.45) is 0.272. The van der Waals surface area contributed by atoms with Gasteiger partial charge in [-0.3, -0.25) is 0 Å². The van der Waals surface area contributed by atoms with E-state index < -0.39 is 0 Å². The van der Waals surface area contributed by atoms with E-state index in [1.54, 1.807) is 0 Å². The number of hydrogen-bond donors (Lipinski definition) is 0. The molecule has 3 nitrogen and oxygen atoms in total. The molecule has 0 atom stereocenters. The van der Waals surface area contributed by atoms with Crippen molar-refractivity contribution in [3.63, 3.8) is 0 Å². The monoisotopic (exact) mass is 245 g/mol. The first-order valence-corrected chi connectivity index (χ1v) is 5.66. The molecule has 1 aromatic heterocycles. The van der Waals surface area contributed by atoms with Gasteiger partial charge in [-0.2, -0.15) is 5.26 Å². The summed E-state index contributed by atoms with van der Waals surface area (Å²) in [7, 11) is 1.88. The van der Waals surface area contributed by atoms with E-state index >= 15 is 0 Å². The maximum absolute atomic E-state index is 8.74. The summed E-state index contributed by atoms with van der Waals surface area (Å²) in [5, 5.41) is 9.14. The number of benzene rings is 1. The summed E-state index contributed by atoms with van der Waals surface area (Å²) in [5.41, 5.74) is 2.96. The fraction of sp³-hybridized carbons (Fsp3) is 0.231. The van der Waals surface area contributed by atoms with Gasteiger partial charge in [-0.25, -0.2) is 4.98 Å². The van der Waals surface area contributed by atoms with Crippen molar-refractivity contribution in [3.8, 4) is 17.5 Å². The Kier molecular flexibility index (Phi) is 3.16. The van der Waals surface area contributed by atoms with Crippen molar-refractivity contribution >= 4 is 11.6 Å². The largest absolute Gasteiger partial charge is 0.329 e. The van der Waals surface area contributed by atoms with Crippen LogP contribution in [0.4, 0.5) is 0 Å². The van der Waals surface area contributed by atoms with E-state index in [9.17, 15) is 0 Å². The van der Waals surface area contributed by atoms with Crippen molar-refractivity contribution < 1.29 is 0 Å². The summed E-state index contributed by atoms with van der Waals surface area (Å²) in [6, 6.07) is 10.2. The Hall–Kier alpha value is -1.79. The molecule has 1 heterocycles. The molecule has 0 unspecified atom stereocenters. The fourth-order valence-corrected chi connectivity index (χ4v) is 2.00. The lowest BCUT2D eigenvalue weighted by Crippen LogP contribution is -1.98. The van der Waals surface area contributed by atoms with Crippen molar-refractivity contribution in [3.05, 3.63) is 40.7 Å². The summed E-state index contributed by atoms with van der Waals surface area (Å²) < 4.78 is 1.87. The molecule has 0 aliphatic heterocycles. The Labute approximate surface area is 105 Å². The van der Waals surface area contributed by atoms with Crippen molar-refractivity contribution in [2.24, 2.45) is 7.05 Å². The molecular weight excluding hydrogens is 234 g/mol. The fourth-order valence-electron chi connectivity index (χ4n) is 1.73. The van der Waals surface area contributed by atoms with Gasteiger partial charge in [-0.05, 0) is 6.92 Å². The van der Waals surface area contributed by atoms with Gasteiger partial charge >= 0.3 is 0 Å². The number of nitrogens with zero attached hydrogens (tertiary/aromatic N) is 3. The molecule has 0 aliphatic carbocycles. The molecule has 0 saturated carbocycles. The maximum atomic E-state index is 8.74. The van der Waals surface area contributed by atoms with Crippen LogP contribution in [0.3, 0.4) is 0 Å². The van der Waals surface area contributed by atoms with E-state index in [1.165, 1.54) is 5.56 Å². The average molecular weight is 246 g/mol. The Morgan fingerprint density at radius 3 is 2.59 bits per heavy atom. The lowest BCUT2D eigenvalue weighted by atomic mass is 10.1. The predicted molar refractivity (Wildman–Crippen MR) is 67.7 cm³/mol. The van der Waals surface area contributed by atoms with Crippen LogP contribution >= 0.6 is 11.6 Å². The van der Waals surface area contributed by atoms with Gasteiger partial charge in [-0.1, -0.05) is 41.4 Å². The smallest absolute Gasteiger partial charge is 0.152 e. The third-order valence-corrected chi connectivity index (χ3v) is 3.02. The van der Waals surface area contributed by atoms with Crippen molar-refractivity contribution in [2.45, 2.75) is 13.3 Å². The van der Waals surface area contributed by atoms with Gasteiger partial charge in [0, 0.05) is 12.6 Å². The predicted octanol–water partition coefficient (Wildman–Crippen LogP) is 3.12. The molecule has 0 amide bonds. The zero-order valence-electron chi connectivity index (χ0n) is 9.74. The highest BCUT2D eigenvalue weighted by Gasteiger charge is 2.13. The number of imidazole rings is 1. The minimum absolute atomic E-state index is 0.272. The minimum atomic E-state index is 0.272. The Bertz CT molecular complexity index is 576. The highest BCUT2D eigenvalue weighted by Crippen LogP contribution is 2.24. The average Bonchev–Trinajstić information content (AvgIpc) is 2.59. The highest BCUT2D eigenvalue weighted by atomic mass is 35.5. The van der Waals surface area contributed by atoms with Crippen LogP contribution in [0.1, 0.15) is 11.3 Å². The van der Waals surface area contributed by atoms with Crippen molar-refractivity contribution in [1.29, 1.82) is 5.26 Å². The van der Waals surface area contributed by atoms with Crippen LogP contribution < -0.4 is 0 Å². The van der Waals surface area contributed by atoms with Crippen LogP contribution in [-0.4, -0.2) is 9.55 Å². The molecule has 1 aromatic carbocycles. The Morgan fingerprint density at radius 2 is 2.00 bits per heavy atom. The van der Waals surface area contributed by atoms with Gasteiger partial charge in [0.1, 0.15) is 5.82 Å². The molecule has 86 valence electrons. The lowest BCUT2D eigenvalue weighted by molar-refractivity contribution is 0.864. The summed E-state index contributed by atoms with van der Waals surface area (Å²) in [5.74, 6) is 0.792. The zero-order chi connectivity index (χ0) is 12.4. The van der Waals surface area contributed by atoms with E-state index in [2.05, 4.69) is 11.1 Å². The molecular formula is C13H12ClN3. The maximum Gasteiger partial charge on any atom is 0.152 e. The van der Waals surface area contributed by atoms with E-state index in [0.717, 1.165) is 17.1 Å². The van der Waals surface area contributed by atoms with Crippen molar-refractivity contribution in [1.82, 2.24) is 9.55 Å². The van der Waals surface area contributed by atoms with Crippen LogP contribution in [-0.2, 0) is 13.5 Å². The molecule has 0 radical (unpaired) electrons. The molecule has 2 aromatic rings. The lowest BCUT2D eigenvalue weighted by Gasteiger charge is -2.04. The van der Waals surface area contributed by atoms with Gasteiger partial charge in [0.2, 0.25) is 0 Å². The van der Waals surface area contributed by atoms with Gasteiger partial charge < -0.3 is 4.57 Å². The number of aromatic nitrogens is 2. The van der Waals surface area contributed by atoms with Crippen molar-refractivity contribution in [2.75, 3.05) is 0 Å². The Morgan fingerprint density at radius 1 is 1.35 bits per heavy atom. The van der Waals surface area contributed by atoms with Crippen LogP contribution in [0.5, 0.6) is 0 Å². The first-order valence-electron chi connectivity index (χ1n) is 5.28. The third-order valence-electron chi connectivity index (χ3n) is 2.72.